The minimum atomic E-state index is -0.711. The van der Waals surface area contributed by atoms with Crippen LogP contribution in [0.1, 0.15) is 37.3 Å². The minimum absolute atomic E-state index is 0.154. The third-order valence-corrected chi connectivity index (χ3v) is 4.51. The molecule has 0 radical (unpaired) electrons. The van der Waals surface area contributed by atoms with Crippen molar-refractivity contribution in [1.82, 2.24) is 10.6 Å². The third-order valence-electron chi connectivity index (χ3n) is 4.51. The molecule has 1 atom stereocenters. The second-order valence-electron chi connectivity index (χ2n) is 7.06. The van der Waals surface area contributed by atoms with E-state index < -0.39 is 12.1 Å². The lowest BCUT2D eigenvalue weighted by Crippen LogP contribution is -2.48. The van der Waals surface area contributed by atoms with Gasteiger partial charge in [0.1, 0.15) is 12.6 Å². The van der Waals surface area contributed by atoms with Crippen LogP contribution in [0.4, 0.5) is 4.79 Å². The molecular formula is C24H32N2O4. The zero-order valence-corrected chi connectivity index (χ0v) is 17.6. The molecule has 0 aliphatic carbocycles. The fourth-order valence-corrected chi connectivity index (χ4v) is 2.82. The number of benzene rings is 2. The second-order valence-corrected chi connectivity index (χ2v) is 7.06. The van der Waals surface area contributed by atoms with Crippen LogP contribution < -0.4 is 10.6 Å². The Hall–Kier alpha value is -2.86. The van der Waals surface area contributed by atoms with Crippen LogP contribution in [-0.2, 0) is 27.3 Å². The highest BCUT2D eigenvalue weighted by atomic mass is 16.5. The van der Waals surface area contributed by atoms with Crippen molar-refractivity contribution in [2.24, 2.45) is 0 Å². The molecule has 30 heavy (non-hydrogen) atoms. The molecule has 2 N–H and O–H groups in total. The maximum absolute atomic E-state index is 12.7. The van der Waals surface area contributed by atoms with Gasteiger partial charge in [0.05, 0.1) is 0 Å². The summed E-state index contributed by atoms with van der Waals surface area (Å²) < 4.78 is 10.8. The van der Waals surface area contributed by atoms with E-state index >= 15 is 0 Å². The van der Waals surface area contributed by atoms with E-state index in [0.29, 0.717) is 19.6 Å². The van der Waals surface area contributed by atoms with Crippen molar-refractivity contribution in [3.8, 4) is 0 Å². The predicted molar refractivity (Wildman–Crippen MR) is 117 cm³/mol. The van der Waals surface area contributed by atoms with Crippen molar-refractivity contribution in [3.63, 3.8) is 0 Å². The Morgan fingerprint density at radius 3 is 2.20 bits per heavy atom. The molecule has 6 nitrogen and oxygen atoms in total. The Morgan fingerprint density at radius 1 is 0.900 bits per heavy atom. The molecule has 6 heteroatoms. The molecule has 0 saturated heterocycles. The number of rotatable bonds is 13. The van der Waals surface area contributed by atoms with Gasteiger partial charge < -0.3 is 20.1 Å². The Balaban J connectivity index is 1.83. The molecule has 0 bridgehead atoms. The molecule has 0 fully saturated rings. The number of nitrogens with one attached hydrogen (secondary N) is 2. The van der Waals surface area contributed by atoms with Crippen LogP contribution in [0, 0.1) is 0 Å². The Labute approximate surface area is 179 Å². The lowest BCUT2D eigenvalue weighted by atomic mass is 10.1. The van der Waals surface area contributed by atoms with E-state index in [9.17, 15) is 9.59 Å². The van der Waals surface area contributed by atoms with Gasteiger partial charge in [-0.3, -0.25) is 4.79 Å². The summed E-state index contributed by atoms with van der Waals surface area (Å²) in [6.45, 7) is 4.12. The van der Waals surface area contributed by atoms with Gasteiger partial charge in [0.25, 0.3) is 0 Å². The highest BCUT2D eigenvalue weighted by molar-refractivity contribution is 5.85. The normalized spacial score (nSPS) is 11.5. The fourth-order valence-electron chi connectivity index (χ4n) is 2.82. The summed E-state index contributed by atoms with van der Waals surface area (Å²) in [5, 5.41) is 5.58. The monoisotopic (exact) mass is 412 g/mol. The van der Waals surface area contributed by atoms with E-state index in [4.69, 9.17) is 9.47 Å². The number of hydrogen-bond acceptors (Lipinski definition) is 4. The van der Waals surface area contributed by atoms with Crippen molar-refractivity contribution in [2.45, 2.75) is 45.3 Å². The molecular weight excluding hydrogens is 380 g/mol. The lowest BCUT2D eigenvalue weighted by molar-refractivity contribution is -0.123. The van der Waals surface area contributed by atoms with Crippen molar-refractivity contribution < 1.29 is 19.1 Å². The van der Waals surface area contributed by atoms with Crippen LogP contribution in [0.25, 0.3) is 0 Å². The molecule has 1 unspecified atom stereocenters. The van der Waals surface area contributed by atoms with Gasteiger partial charge in [0, 0.05) is 26.2 Å². The second kappa shape index (κ2) is 14.2. The standard InChI is InChI=1S/C24H32N2O4/c1-2-3-16-29-17-10-15-25-23(27)22(18-20-11-6-4-7-12-20)26-24(28)30-19-21-13-8-5-9-14-21/h4-9,11-14,22H,2-3,10,15-19H2,1H3,(H,25,27)(H,26,28). The van der Waals surface area contributed by atoms with Gasteiger partial charge in [-0.05, 0) is 24.0 Å². The number of unbranched alkanes of at least 4 members (excludes halogenated alkanes) is 1. The van der Waals surface area contributed by atoms with Gasteiger partial charge in [0.2, 0.25) is 5.91 Å². The van der Waals surface area contributed by atoms with Gasteiger partial charge >= 0.3 is 6.09 Å². The van der Waals surface area contributed by atoms with E-state index in [0.717, 1.165) is 37.0 Å². The van der Waals surface area contributed by atoms with Crippen LogP contribution in [-0.4, -0.2) is 37.8 Å². The summed E-state index contributed by atoms with van der Waals surface area (Å²) >= 11 is 0. The Morgan fingerprint density at radius 2 is 1.53 bits per heavy atom. The maximum atomic E-state index is 12.7. The molecule has 2 aromatic carbocycles. The minimum Gasteiger partial charge on any atom is -0.445 e. The smallest absolute Gasteiger partial charge is 0.408 e. The Bertz CT molecular complexity index is 737. The third kappa shape index (κ3) is 9.56. The topological polar surface area (TPSA) is 76.7 Å². The number of amides is 2. The summed E-state index contributed by atoms with van der Waals surface area (Å²) in [6, 6.07) is 18.3. The van der Waals surface area contributed by atoms with Gasteiger partial charge in [-0.2, -0.15) is 0 Å². The SMILES string of the molecule is CCCCOCCCNC(=O)C(Cc1ccccc1)NC(=O)OCc1ccccc1. The molecule has 2 aromatic rings. The number of ether oxygens (including phenoxy) is 2. The van der Waals surface area contributed by atoms with Crippen LogP contribution in [0.5, 0.6) is 0 Å². The van der Waals surface area contributed by atoms with Crippen LogP contribution in [0.2, 0.25) is 0 Å². The summed E-state index contributed by atoms with van der Waals surface area (Å²) in [5.41, 5.74) is 1.85. The van der Waals surface area contributed by atoms with Crippen molar-refractivity contribution in [1.29, 1.82) is 0 Å². The van der Waals surface area contributed by atoms with Gasteiger partial charge in [0.15, 0.2) is 0 Å². The number of hydrogen-bond donors (Lipinski definition) is 2. The summed E-state index contributed by atoms with van der Waals surface area (Å²) in [4.78, 5) is 24.9. The molecule has 2 rings (SSSR count). The predicted octanol–water partition coefficient (Wildman–Crippen LogP) is 3.85. The maximum Gasteiger partial charge on any atom is 0.408 e. The summed E-state index contributed by atoms with van der Waals surface area (Å²) in [6.07, 6.45) is 2.65. The summed E-state index contributed by atoms with van der Waals surface area (Å²) in [5.74, 6) is -0.232. The molecule has 0 aromatic heterocycles. The highest BCUT2D eigenvalue weighted by Crippen LogP contribution is 2.05. The lowest BCUT2D eigenvalue weighted by Gasteiger charge is -2.18. The fraction of sp³-hybridized carbons (Fsp3) is 0.417. The molecule has 2 amide bonds. The first-order valence-electron chi connectivity index (χ1n) is 10.6. The molecule has 0 aliphatic rings. The van der Waals surface area contributed by atoms with Crippen LogP contribution in [0.3, 0.4) is 0 Å². The van der Waals surface area contributed by atoms with Crippen LogP contribution >= 0.6 is 0 Å². The number of carbonyl (C=O) groups excluding carboxylic acids is 2. The molecule has 0 saturated carbocycles. The van der Waals surface area contributed by atoms with E-state index in [2.05, 4.69) is 17.6 Å². The summed E-state index contributed by atoms with van der Waals surface area (Å²) in [7, 11) is 0. The average Bonchev–Trinajstić information content (AvgIpc) is 2.78. The van der Waals surface area contributed by atoms with E-state index in [-0.39, 0.29) is 12.5 Å². The van der Waals surface area contributed by atoms with Gasteiger partial charge in [-0.1, -0.05) is 74.0 Å². The highest BCUT2D eigenvalue weighted by Gasteiger charge is 2.21. The first kappa shape index (κ1) is 23.4. The Kier molecular flexibility index (Phi) is 11.1. The quantitative estimate of drug-likeness (QED) is 0.490. The van der Waals surface area contributed by atoms with E-state index in [1.54, 1.807) is 0 Å². The van der Waals surface area contributed by atoms with Crippen molar-refractivity contribution >= 4 is 12.0 Å². The average molecular weight is 413 g/mol. The van der Waals surface area contributed by atoms with Crippen LogP contribution in [0.15, 0.2) is 60.7 Å². The molecule has 0 heterocycles. The zero-order valence-electron chi connectivity index (χ0n) is 17.6. The first-order valence-corrected chi connectivity index (χ1v) is 10.6. The van der Waals surface area contributed by atoms with E-state index in [1.165, 1.54) is 0 Å². The largest absolute Gasteiger partial charge is 0.445 e. The van der Waals surface area contributed by atoms with E-state index in [1.807, 2.05) is 60.7 Å². The molecule has 0 aliphatic heterocycles. The number of carbonyl (C=O) groups is 2. The van der Waals surface area contributed by atoms with Crippen molar-refractivity contribution in [2.75, 3.05) is 19.8 Å². The molecule has 162 valence electrons. The van der Waals surface area contributed by atoms with Gasteiger partial charge in [-0.15, -0.1) is 0 Å². The first-order chi connectivity index (χ1) is 14.7. The zero-order chi connectivity index (χ0) is 21.4. The van der Waals surface area contributed by atoms with Crippen molar-refractivity contribution in [3.05, 3.63) is 71.8 Å². The number of alkyl carbamates (subject to hydrolysis) is 1. The molecule has 0 spiro atoms. The van der Waals surface area contributed by atoms with Gasteiger partial charge in [-0.25, -0.2) is 4.79 Å².